The number of nitrogens with one attached hydrogen (secondary N) is 1. The van der Waals surface area contributed by atoms with Crippen LogP contribution in [-0.2, 0) is 11.2 Å². The van der Waals surface area contributed by atoms with Crippen LogP contribution in [0.1, 0.15) is 53.9 Å². The van der Waals surface area contributed by atoms with Crippen molar-refractivity contribution in [1.29, 1.82) is 0 Å². The van der Waals surface area contributed by atoms with E-state index < -0.39 is 23.7 Å². The SMILES string of the molecule is CCOC(=O)c1ccnc(NC(=O)c2ccc3c(c2)C(=O)N(CCc2ccc(OC)cc2)C3=O)c1. The van der Waals surface area contributed by atoms with Crippen LogP contribution in [0.5, 0.6) is 5.75 Å². The van der Waals surface area contributed by atoms with E-state index in [0.29, 0.717) is 6.42 Å². The van der Waals surface area contributed by atoms with Gasteiger partial charge < -0.3 is 14.8 Å². The van der Waals surface area contributed by atoms with E-state index in [4.69, 9.17) is 9.47 Å². The fraction of sp³-hybridized carbons (Fsp3) is 0.192. The summed E-state index contributed by atoms with van der Waals surface area (Å²) in [6, 6.07) is 14.6. The maximum absolute atomic E-state index is 12.9. The number of carbonyl (C=O) groups is 4. The van der Waals surface area contributed by atoms with Crippen LogP contribution in [0.25, 0.3) is 0 Å². The molecule has 9 heteroatoms. The van der Waals surface area contributed by atoms with Gasteiger partial charge in [0.1, 0.15) is 11.6 Å². The Morgan fingerprint density at radius 3 is 2.40 bits per heavy atom. The molecule has 2 aromatic carbocycles. The van der Waals surface area contributed by atoms with E-state index in [1.54, 1.807) is 14.0 Å². The monoisotopic (exact) mass is 473 g/mol. The molecule has 178 valence electrons. The molecule has 1 aromatic heterocycles. The lowest BCUT2D eigenvalue weighted by molar-refractivity contribution is 0.0525. The van der Waals surface area contributed by atoms with E-state index in [1.165, 1.54) is 41.4 Å². The molecule has 0 atom stereocenters. The third kappa shape index (κ3) is 5.03. The van der Waals surface area contributed by atoms with Crippen molar-refractivity contribution in [3.63, 3.8) is 0 Å². The number of hydrogen-bond donors (Lipinski definition) is 1. The van der Waals surface area contributed by atoms with Gasteiger partial charge >= 0.3 is 5.97 Å². The lowest BCUT2D eigenvalue weighted by Crippen LogP contribution is -2.31. The molecule has 4 rings (SSSR count). The molecule has 3 aromatic rings. The highest BCUT2D eigenvalue weighted by molar-refractivity contribution is 6.22. The summed E-state index contributed by atoms with van der Waals surface area (Å²) in [5.74, 6) is -1.02. The number of esters is 1. The van der Waals surface area contributed by atoms with E-state index in [1.807, 2.05) is 24.3 Å². The van der Waals surface area contributed by atoms with Gasteiger partial charge in [0.15, 0.2) is 0 Å². The quantitative estimate of drug-likeness (QED) is 0.394. The summed E-state index contributed by atoms with van der Waals surface area (Å²) in [6.45, 7) is 2.13. The van der Waals surface area contributed by atoms with E-state index in [2.05, 4.69) is 10.3 Å². The lowest BCUT2D eigenvalue weighted by atomic mass is 10.1. The Morgan fingerprint density at radius 1 is 0.943 bits per heavy atom. The molecule has 0 aliphatic carbocycles. The van der Waals surface area contributed by atoms with E-state index in [9.17, 15) is 19.2 Å². The third-order valence-electron chi connectivity index (χ3n) is 5.53. The highest BCUT2D eigenvalue weighted by atomic mass is 16.5. The molecule has 1 aliphatic heterocycles. The molecule has 1 N–H and O–H groups in total. The van der Waals surface area contributed by atoms with Crippen molar-refractivity contribution >= 4 is 29.5 Å². The predicted octanol–water partition coefficient (Wildman–Crippen LogP) is 3.36. The number of methoxy groups -OCH3 is 1. The van der Waals surface area contributed by atoms with Gasteiger partial charge in [-0.15, -0.1) is 0 Å². The van der Waals surface area contributed by atoms with Gasteiger partial charge in [0.2, 0.25) is 0 Å². The topological polar surface area (TPSA) is 115 Å². The highest BCUT2D eigenvalue weighted by Crippen LogP contribution is 2.25. The number of anilines is 1. The average Bonchev–Trinajstić information content (AvgIpc) is 3.12. The van der Waals surface area contributed by atoms with Crippen molar-refractivity contribution in [2.75, 3.05) is 25.6 Å². The minimum atomic E-state index is -0.529. The first kappa shape index (κ1) is 23.6. The molecule has 0 spiro atoms. The van der Waals surface area contributed by atoms with Gasteiger partial charge in [0.25, 0.3) is 17.7 Å². The van der Waals surface area contributed by atoms with Crippen LogP contribution in [-0.4, -0.2) is 53.8 Å². The van der Waals surface area contributed by atoms with Gasteiger partial charge in [-0.3, -0.25) is 19.3 Å². The predicted molar refractivity (Wildman–Crippen MR) is 127 cm³/mol. The van der Waals surface area contributed by atoms with Crippen LogP contribution in [0.3, 0.4) is 0 Å². The number of aromatic nitrogens is 1. The van der Waals surface area contributed by atoms with Crippen LogP contribution < -0.4 is 10.1 Å². The summed E-state index contributed by atoms with van der Waals surface area (Å²) < 4.78 is 10.1. The molecule has 0 fully saturated rings. The fourth-order valence-corrected chi connectivity index (χ4v) is 3.70. The summed E-state index contributed by atoms with van der Waals surface area (Å²) >= 11 is 0. The molecule has 2 heterocycles. The number of ether oxygens (including phenoxy) is 2. The number of carbonyl (C=O) groups excluding carboxylic acids is 4. The summed E-state index contributed by atoms with van der Waals surface area (Å²) in [5, 5.41) is 2.60. The fourth-order valence-electron chi connectivity index (χ4n) is 3.70. The second-order valence-electron chi connectivity index (χ2n) is 7.72. The van der Waals surface area contributed by atoms with Crippen molar-refractivity contribution in [1.82, 2.24) is 9.88 Å². The average molecular weight is 473 g/mol. The summed E-state index contributed by atoms with van der Waals surface area (Å²) in [4.78, 5) is 55.6. The molecule has 35 heavy (non-hydrogen) atoms. The number of hydrogen-bond acceptors (Lipinski definition) is 7. The zero-order valence-corrected chi connectivity index (χ0v) is 19.2. The van der Waals surface area contributed by atoms with Crippen LogP contribution >= 0.6 is 0 Å². The van der Waals surface area contributed by atoms with Gasteiger partial charge in [-0.05, 0) is 61.4 Å². The Morgan fingerprint density at radius 2 is 1.69 bits per heavy atom. The summed E-state index contributed by atoms with van der Waals surface area (Å²) in [7, 11) is 1.58. The van der Waals surface area contributed by atoms with Crippen molar-refractivity contribution in [3.8, 4) is 5.75 Å². The summed E-state index contributed by atoms with van der Waals surface area (Å²) in [6.07, 6.45) is 1.87. The number of imide groups is 1. The molecule has 0 saturated heterocycles. The Labute approximate surface area is 201 Å². The smallest absolute Gasteiger partial charge is 0.338 e. The van der Waals surface area contributed by atoms with Crippen LogP contribution in [0.2, 0.25) is 0 Å². The van der Waals surface area contributed by atoms with Gasteiger partial charge in [-0.25, -0.2) is 9.78 Å². The first-order valence-corrected chi connectivity index (χ1v) is 11.0. The first-order valence-electron chi connectivity index (χ1n) is 11.0. The number of amides is 3. The molecule has 0 saturated carbocycles. The van der Waals surface area contributed by atoms with E-state index in [0.717, 1.165) is 11.3 Å². The first-order chi connectivity index (χ1) is 16.9. The Kier molecular flexibility index (Phi) is 6.86. The van der Waals surface area contributed by atoms with Gasteiger partial charge in [0, 0.05) is 18.3 Å². The molecule has 0 bridgehead atoms. The largest absolute Gasteiger partial charge is 0.497 e. The Hall–Kier alpha value is -4.53. The van der Waals surface area contributed by atoms with Crippen LogP contribution in [0.15, 0.2) is 60.8 Å². The molecular formula is C26H23N3O6. The van der Waals surface area contributed by atoms with Crippen molar-refractivity contribution < 1.29 is 28.7 Å². The molecule has 0 unspecified atom stereocenters. The second-order valence-corrected chi connectivity index (χ2v) is 7.72. The van der Waals surface area contributed by atoms with Crippen molar-refractivity contribution in [2.24, 2.45) is 0 Å². The number of nitrogens with zero attached hydrogens (tertiary/aromatic N) is 2. The minimum absolute atomic E-state index is 0.157. The van der Waals surface area contributed by atoms with Crippen molar-refractivity contribution in [2.45, 2.75) is 13.3 Å². The molecule has 1 aliphatic rings. The van der Waals surface area contributed by atoms with Gasteiger partial charge in [-0.2, -0.15) is 0 Å². The zero-order valence-electron chi connectivity index (χ0n) is 19.2. The standard InChI is InChI=1S/C26H23N3O6/c1-3-35-26(33)18-10-12-27-22(15-18)28-23(30)17-6-9-20-21(14-17)25(32)29(24(20)31)13-11-16-4-7-19(34-2)8-5-16/h4-10,12,14-15H,3,11,13H2,1-2H3,(H,27,28,30). The highest BCUT2D eigenvalue weighted by Gasteiger charge is 2.35. The third-order valence-corrected chi connectivity index (χ3v) is 5.53. The second kappa shape index (κ2) is 10.2. The molecule has 3 amide bonds. The van der Waals surface area contributed by atoms with E-state index in [-0.39, 0.29) is 41.2 Å². The minimum Gasteiger partial charge on any atom is -0.497 e. The van der Waals surface area contributed by atoms with Crippen molar-refractivity contribution in [3.05, 3.63) is 88.6 Å². The normalized spacial score (nSPS) is 12.3. The summed E-state index contributed by atoms with van der Waals surface area (Å²) in [5.41, 5.74) is 1.82. The van der Waals surface area contributed by atoms with Crippen LogP contribution in [0, 0.1) is 0 Å². The molecule has 9 nitrogen and oxygen atoms in total. The maximum Gasteiger partial charge on any atom is 0.338 e. The van der Waals surface area contributed by atoms with Gasteiger partial charge in [-0.1, -0.05) is 12.1 Å². The maximum atomic E-state index is 12.9. The number of benzene rings is 2. The number of fused-ring (bicyclic) bond motifs is 1. The zero-order chi connectivity index (χ0) is 24.9. The molecule has 0 radical (unpaired) electrons. The number of pyridine rings is 1. The molecular weight excluding hydrogens is 450 g/mol. The van der Waals surface area contributed by atoms with Gasteiger partial charge in [0.05, 0.1) is 30.4 Å². The number of rotatable bonds is 8. The van der Waals surface area contributed by atoms with E-state index >= 15 is 0 Å². The van der Waals surface area contributed by atoms with Crippen LogP contribution in [0.4, 0.5) is 5.82 Å². The Bertz CT molecular complexity index is 1300. The lowest BCUT2D eigenvalue weighted by Gasteiger charge is -2.13. The Balaban J connectivity index is 1.46.